The van der Waals surface area contributed by atoms with Crippen molar-refractivity contribution < 1.29 is 9.13 Å². The lowest BCUT2D eigenvalue weighted by atomic mass is 10.1. The van der Waals surface area contributed by atoms with Crippen LogP contribution in [0.5, 0.6) is 5.75 Å². The van der Waals surface area contributed by atoms with Crippen molar-refractivity contribution in [3.63, 3.8) is 0 Å². The Balaban J connectivity index is 2.57. The van der Waals surface area contributed by atoms with E-state index in [9.17, 15) is 4.39 Å². The molecule has 0 aliphatic carbocycles. The van der Waals surface area contributed by atoms with Crippen LogP contribution in [0.1, 0.15) is 31.9 Å². The van der Waals surface area contributed by atoms with Crippen LogP contribution in [-0.2, 0) is 0 Å². The molecule has 4 heteroatoms. The van der Waals surface area contributed by atoms with E-state index in [-0.39, 0.29) is 17.6 Å². The van der Waals surface area contributed by atoms with Crippen molar-refractivity contribution >= 4 is 0 Å². The van der Waals surface area contributed by atoms with Gasteiger partial charge in [-0.3, -0.25) is 0 Å². The van der Waals surface area contributed by atoms with E-state index in [1.165, 1.54) is 13.2 Å². The van der Waals surface area contributed by atoms with Crippen LogP contribution in [0.15, 0.2) is 18.2 Å². The fourth-order valence-corrected chi connectivity index (χ4v) is 1.92. The van der Waals surface area contributed by atoms with Crippen LogP contribution >= 0.6 is 0 Å². The van der Waals surface area contributed by atoms with Crippen LogP contribution in [0, 0.1) is 11.7 Å². The number of rotatable bonds is 7. The number of likely N-dealkylation sites (N-methyl/N-ethyl adjacent to an activating group) is 1. The van der Waals surface area contributed by atoms with Gasteiger partial charge < -0.3 is 15.4 Å². The summed E-state index contributed by atoms with van der Waals surface area (Å²) in [6.07, 6.45) is 1.14. The Morgan fingerprint density at radius 3 is 2.58 bits per heavy atom. The van der Waals surface area contributed by atoms with Crippen molar-refractivity contribution in [1.82, 2.24) is 4.90 Å². The van der Waals surface area contributed by atoms with E-state index in [1.807, 2.05) is 13.1 Å². The summed E-state index contributed by atoms with van der Waals surface area (Å²) in [6, 6.07) is 4.72. The average Bonchev–Trinajstić information content (AvgIpc) is 2.36. The Morgan fingerprint density at radius 2 is 2.05 bits per heavy atom. The topological polar surface area (TPSA) is 38.5 Å². The predicted octanol–water partition coefficient (Wildman–Crippen LogP) is 2.81. The summed E-state index contributed by atoms with van der Waals surface area (Å²) in [5, 5.41) is 0. The molecule has 3 nitrogen and oxygen atoms in total. The third-order valence-corrected chi connectivity index (χ3v) is 3.20. The van der Waals surface area contributed by atoms with Gasteiger partial charge in [0.05, 0.1) is 7.11 Å². The van der Waals surface area contributed by atoms with Crippen molar-refractivity contribution in [3.8, 4) is 5.75 Å². The molecule has 0 fully saturated rings. The highest BCUT2D eigenvalue weighted by molar-refractivity contribution is 5.31. The molecule has 1 aromatic carbocycles. The van der Waals surface area contributed by atoms with E-state index in [2.05, 4.69) is 18.7 Å². The first-order chi connectivity index (χ1) is 8.93. The first kappa shape index (κ1) is 15.9. The van der Waals surface area contributed by atoms with Crippen LogP contribution in [-0.4, -0.2) is 32.1 Å². The van der Waals surface area contributed by atoms with Crippen molar-refractivity contribution in [2.75, 3.05) is 27.2 Å². The van der Waals surface area contributed by atoms with Gasteiger partial charge in [0.25, 0.3) is 0 Å². The Labute approximate surface area is 115 Å². The smallest absolute Gasteiger partial charge is 0.165 e. The van der Waals surface area contributed by atoms with Crippen LogP contribution in [0.2, 0.25) is 0 Å². The van der Waals surface area contributed by atoms with Gasteiger partial charge in [0, 0.05) is 12.6 Å². The van der Waals surface area contributed by atoms with Crippen molar-refractivity contribution in [2.24, 2.45) is 11.7 Å². The summed E-state index contributed by atoms with van der Waals surface area (Å²) >= 11 is 0. The third kappa shape index (κ3) is 5.17. The second-order valence-corrected chi connectivity index (χ2v) is 5.45. The number of benzene rings is 1. The zero-order chi connectivity index (χ0) is 14.4. The molecule has 19 heavy (non-hydrogen) atoms. The molecular weight excluding hydrogens is 243 g/mol. The molecule has 1 atom stereocenters. The van der Waals surface area contributed by atoms with Gasteiger partial charge in [-0.1, -0.05) is 19.9 Å². The normalized spacial score (nSPS) is 13.1. The van der Waals surface area contributed by atoms with Crippen LogP contribution in [0.25, 0.3) is 0 Å². The quantitative estimate of drug-likeness (QED) is 0.826. The predicted molar refractivity (Wildman–Crippen MR) is 76.8 cm³/mol. The molecule has 0 spiro atoms. The first-order valence-electron chi connectivity index (χ1n) is 6.71. The molecule has 1 aromatic rings. The number of methoxy groups -OCH3 is 1. The molecule has 0 radical (unpaired) electrons. The maximum absolute atomic E-state index is 13.6. The van der Waals surface area contributed by atoms with Gasteiger partial charge in [-0.2, -0.15) is 0 Å². The van der Waals surface area contributed by atoms with E-state index in [0.29, 0.717) is 5.92 Å². The molecule has 0 saturated heterocycles. The summed E-state index contributed by atoms with van der Waals surface area (Å²) in [5.41, 5.74) is 6.91. The number of nitrogens with zero attached hydrogens (tertiary/aromatic N) is 1. The Morgan fingerprint density at radius 1 is 1.37 bits per heavy atom. The highest BCUT2D eigenvalue weighted by Crippen LogP contribution is 2.21. The molecule has 2 N–H and O–H groups in total. The van der Waals surface area contributed by atoms with Gasteiger partial charge in [-0.05, 0) is 43.6 Å². The van der Waals surface area contributed by atoms with Crippen LogP contribution in [0.3, 0.4) is 0 Å². The maximum Gasteiger partial charge on any atom is 0.165 e. The number of hydrogen-bond donors (Lipinski definition) is 1. The minimum Gasteiger partial charge on any atom is -0.494 e. The lowest BCUT2D eigenvalue weighted by molar-refractivity contribution is 0.292. The van der Waals surface area contributed by atoms with E-state index in [4.69, 9.17) is 10.5 Å². The van der Waals surface area contributed by atoms with Crippen molar-refractivity contribution in [2.45, 2.75) is 26.3 Å². The standard InChI is InChI=1S/C15H25FN2O/c1-11(2)7-8-18(3)10-14(17)12-5-6-15(19-4)13(16)9-12/h5-6,9,11,14H,7-8,10,17H2,1-4H3. The second-order valence-electron chi connectivity index (χ2n) is 5.45. The van der Waals surface area contributed by atoms with E-state index in [0.717, 1.165) is 25.1 Å². The zero-order valence-corrected chi connectivity index (χ0v) is 12.3. The molecule has 0 aliphatic heterocycles. The van der Waals surface area contributed by atoms with E-state index >= 15 is 0 Å². The summed E-state index contributed by atoms with van der Waals surface area (Å²) in [7, 11) is 3.50. The monoisotopic (exact) mass is 268 g/mol. The molecule has 0 saturated carbocycles. The molecule has 108 valence electrons. The molecule has 1 unspecified atom stereocenters. The zero-order valence-electron chi connectivity index (χ0n) is 12.3. The van der Waals surface area contributed by atoms with Crippen LogP contribution in [0.4, 0.5) is 4.39 Å². The van der Waals surface area contributed by atoms with Gasteiger partial charge >= 0.3 is 0 Å². The summed E-state index contributed by atoms with van der Waals surface area (Å²) < 4.78 is 18.5. The molecule has 0 aliphatic rings. The van der Waals surface area contributed by atoms with Crippen molar-refractivity contribution in [1.29, 1.82) is 0 Å². The lowest BCUT2D eigenvalue weighted by Crippen LogP contribution is -2.30. The number of halogens is 1. The molecule has 0 bridgehead atoms. The van der Waals surface area contributed by atoms with Gasteiger partial charge in [-0.15, -0.1) is 0 Å². The fourth-order valence-electron chi connectivity index (χ4n) is 1.92. The highest BCUT2D eigenvalue weighted by atomic mass is 19.1. The van der Waals surface area contributed by atoms with E-state index in [1.54, 1.807) is 6.07 Å². The lowest BCUT2D eigenvalue weighted by Gasteiger charge is -2.22. The number of ether oxygens (including phenoxy) is 1. The third-order valence-electron chi connectivity index (χ3n) is 3.20. The second kappa shape index (κ2) is 7.46. The highest BCUT2D eigenvalue weighted by Gasteiger charge is 2.12. The van der Waals surface area contributed by atoms with Gasteiger partial charge in [0.2, 0.25) is 0 Å². The molecular formula is C15H25FN2O. The summed E-state index contributed by atoms with van der Waals surface area (Å²) in [4.78, 5) is 2.19. The Kier molecular flexibility index (Phi) is 6.25. The van der Waals surface area contributed by atoms with Gasteiger partial charge in [-0.25, -0.2) is 4.39 Å². The number of hydrogen-bond acceptors (Lipinski definition) is 3. The van der Waals surface area contributed by atoms with E-state index < -0.39 is 0 Å². The maximum atomic E-state index is 13.6. The average molecular weight is 268 g/mol. The van der Waals surface area contributed by atoms with Gasteiger partial charge in [0.15, 0.2) is 11.6 Å². The molecule has 0 amide bonds. The first-order valence-corrected chi connectivity index (χ1v) is 6.71. The minimum atomic E-state index is -0.361. The molecule has 0 heterocycles. The molecule has 0 aromatic heterocycles. The Hall–Kier alpha value is -1.13. The van der Waals surface area contributed by atoms with Crippen LogP contribution < -0.4 is 10.5 Å². The largest absolute Gasteiger partial charge is 0.494 e. The number of nitrogens with two attached hydrogens (primary N) is 1. The minimum absolute atomic E-state index is 0.183. The fraction of sp³-hybridized carbons (Fsp3) is 0.600. The van der Waals surface area contributed by atoms with Gasteiger partial charge in [0.1, 0.15) is 0 Å². The van der Waals surface area contributed by atoms with Crippen molar-refractivity contribution in [3.05, 3.63) is 29.6 Å². The SMILES string of the molecule is COc1ccc(C(N)CN(C)CCC(C)C)cc1F. The Bertz CT molecular complexity index is 396. The summed E-state index contributed by atoms with van der Waals surface area (Å²) in [6.45, 7) is 6.13. The summed E-state index contributed by atoms with van der Waals surface area (Å²) in [5.74, 6) is 0.571. The molecule has 1 rings (SSSR count).